The molecule has 0 spiro atoms. The lowest BCUT2D eigenvalue weighted by Crippen LogP contribution is -2.41. The molecular formula is C24H29Cl2N3O5. The SMILES string of the molecule is CC(OC(=O)Cc1ccccc1Nc1c(Cl)cccc1Cl)C(=O)NCCNC(=O)OC(C)(C)C. The molecule has 0 aliphatic rings. The van der Waals surface area contributed by atoms with Crippen molar-refractivity contribution >= 4 is 52.5 Å². The number of rotatable bonds is 9. The summed E-state index contributed by atoms with van der Waals surface area (Å²) in [5.74, 6) is -1.05. The van der Waals surface area contributed by atoms with E-state index in [9.17, 15) is 14.4 Å². The first-order valence-corrected chi connectivity index (χ1v) is 11.4. The predicted molar refractivity (Wildman–Crippen MR) is 133 cm³/mol. The van der Waals surface area contributed by atoms with Crippen LogP contribution in [0.2, 0.25) is 10.0 Å². The monoisotopic (exact) mass is 509 g/mol. The molecule has 10 heteroatoms. The zero-order valence-electron chi connectivity index (χ0n) is 19.5. The van der Waals surface area contributed by atoms with E-state index in [2.05, 4.69) is 16.0 Å². The van der Waals surface area contributed by atoms with Gasteiger partial charge in [0.15, 0.2) is 6.10 Å². The molecular weight excluding hydrogens is 481 g/mol. The van der Waals surface area contributed by atoms with Crippen LogP contribution in [0.3, 0.4) is 0 Å². The van der Waals surface area contributed by atoms with Gasteiger partial charge in [-0.3, -0.25) is 9.59 Å². The minimum atomic E-state index is -1.01. The summed E-state index contributed by atoms with van der Waals surface area (Å²) in [6.07, 6.45) is -1.65. The van der Waals surface area contributed by atoms with Crippen LogP contribution in [0.1, 0.15) is 33.3 Å². The highest BCUT2D eigenvalue weighted by atomic mass is 35.5. The third-order valence-electron chi connectivity index (χ3n) is 4.34. The van der Waals surface area contributed by atoms with E-state index in [1.54, 1.807) is 57.2 Å². The van der Waals surface area contributed by atoms with Crippen molar-refractivity contribution in [3.63, 3.8) is 0 Å². The third kappa shape index (κ3) is 9.11. The van der Waals surface area contributed by atoms with Crippen molar-refractivity contribution in [2.75, 3.05) is 18.4 Å². The maximum Gasteiger partial charge on any atom is 0.407 e. The van der Waals surface area contributed by atoms with Crippen molar-refractivity contribution in [3.8, 4) is 0 Å². The molecule has 0 saturated heterocycles. The van der Waals surface area contributed by atoms with E-state index < -0.39 is 29.7 Å². The van der Waals surface area contributed by atoms with E-state index in [0.29, 0.717) is 27.0 Å². The molecule has 0 bridgehead atoms. The summed E-state index contributed by atoms with van der Waals surface area (Å²) in [5, 5.41) is 9.16. The average molecular weight is 510 g/mol. The number of esters is 1. The number of hydrogen-bond donors (Lipinski definition) is 3. The van der Waals surface area contributed by atoms with Crippen LogP contribution in [0.5, 0.6) is 0 Å². The number of ether oxygens (including phenoxy) is 2. The summed E-state index contributed by atoms with van der Waals surface area (Å²) in [4.78, 5) is 36.3. The Hall–Kier alpha value is -2.97. The lowest BCUT2D eigenvalue weighted by molar-refractivity contribution is -0.154. The van der Waals surface area contributed by atoms with Crippen LogP contribution < -0.4 is 16.0 Å². The van der Waals surface area contributed by atoms with Gasteiger partial charge in [-0.05, 0) is 51.5 Å². The number of para-hydroxylation sites is 2. The average Bonchev–Trinajstić information content (AvgIpc) is 2.73. The Morgan fingerprint density at radius 1 is 0.941 bits per heavy atom. The Morgan fingerprint density at radius 3 is 2.21 bits per heavy atom. The number of nitrogens with one attached hydrogen (secondary N) is 3. The first-order valence-electron chi connectivity index (χ1n) is 10.7. The molecule has 0 aliphatic heterocycles. The maximum absolute atomic E-state index is 12.5. The highest BCUT2D eigenvalue weighted by molar-refractivity contribution is 6.39. The van der Waals surface area contributed by atoms with Crippen molar-refractivity contribution < 1.29 is 23.9 Å². The molecule has 0 heterocycles. The number of benzene rings is 2. The van der Waals surface area contributed by atoms with Crippen molar-refractivity contribution in [2.24, 2.45) is 0 Å². The molecule has 3 N–H and O–H groups in total. The molecule has 2 amide bonds. The van der Waals surface area contributed by atoms with Gasteiger partial charge in [0.2, 0.25) is 0 Å². The van der Waals surface area contributed by atoms with Gasteiger partial charge in [0.25, 0.3) is 5.91 Å². The van der Waals surface area contributed by atoms with Gasteiger partial charge in [0, 0.05) is 18.8 Å². The second kappa shape index (κ2) is 12.5. The van der Waals surface area contributed by atoms with E-state index >= 15 is 0 Å². The molecule has 2 rings (SSSR count). The van der Waals surface area contributed by atoms with Crippen molar-refractivity contribution in [3.05, 3.63) is 58.1 Å². The van der Waals surface area contributed by atoms with Crippen LogP contribution in [0, 0.1) is 0 Å². The van der Waals surface area contributed by atoms with Gasteiger partial charge < -0.3 is 25.4 Å². The number of alkyl carbamates (subject to hydrolysis) is 1. The highest BCUT2D eigenvalue weighted by Crippen LogP contribution is 2.33. The first kappa shape index (κ1) is 27.3. The van der Waals surface area contributed by atoms with Crippen molar-refractivity contribution in [1.82, 2.24) is 10.6 Å². The largest absolute Gasteiger partial charge is 0.452 e. The Balaban J connectivity index is 1.85. The fourth-order valence-electron chi connectivity index (χ4n) is 2.80. The Bertz CT molecular complexity index is 1000. The summed E-state index contributed by atoms with van der Waals surface area (Å²) in [5.41, 5.74) is 1.21. The highest BCUT2D eigenvalue weighted by Gasteiger charge is 2.20. The fourth-order valence-corrected chi connectivity index (χ4v) is 3.30. The number of carbonyl (C=O) groups is 3. The summed E-state index contributed by atoms with van der Waals surface area (Å²) in [7, 11) is 0. The van der Waals surface area contributed by atoms with Crippen molar-refractivity contribution in [1.29, 1.82) is 0 Å². The Labute approximate surface area is 209 Å². The van der Waals surface area contributed by atoms with Gasteiger partial charge in [-0.15, -0.1) is 0 Å². The van der Waals surface area contributed by atoms with Crippen LogP contribution in [0.15, 0.2) is 42.5 Å². The number of amides is 2. The molecule has 0 fully saturated rings. The molecule has 0 aromatic heterocycles. The fraction of sp³-hybridized carbons (Fsp3) is 0.375. The van der Waals surface area contributed by atoms with E-state index in [-0.39, 0.29) is 19.5 Å². The number of carbonyl (C=O) groups excluding carboxylic acids is 3. The van der Waals surface area contributed by atoms with Crippen LogP contribution in [0.4, 0.5) is 16.2 Å². The first-order chi connectivity index (χ1) is 16.0. The number of anilines is 2. The van der Waals surface area contributed by atoms with Gasteiger partial charge in [-0.2, -0.15) is 0 Å². The van der Waals surface area contributed by atoms with E-state index in [4.69, 9.17) is 32.7 Å². The molecule has 2 aromatic carbocycles. The van der Waals surface area contributed by atoms with Gasteiger partial charge in [0.05, 0.1) is 22.2 Å². The minimum Gasteiger partial charge on any atom is -0.452 e. The normalized spacial score (nSPS) is 11.8. The van der Waals surface area contributed by atoms with Gasteiger partial charge in [-0.1, -0.05) is 47.5 Å². The topological polar surface area (TPSA) is 106 Å². The molecule has 1 unspecified atom stereocenters. The molecule has 8 nitrogen and oxygen atoms in total. The second-order valence-corrected chi connectivity index (χ2v) is 9.22. The molecule has 0 saturated carbocycles. The molecule has 0 aliphatic carbocycles. The number of halogens is 2. The van der Waals surface area contributed by atoms with Gasteiger partial charge in [-0.25, -0.2) is 4.79 Å². The smallest absolute Gasteiger partial charge is 0.407 e. The number of hydrogen-bond acceptors (Lipinski definition) is 6. The Morgan fingerprint density at radius 2 is 1.56 bits per heavy atom. The summed E-state index contributed by atoms with van der Waals surface area (Å²) >= 11 is 12.5. The summed E-state index contributed by atoms with van der Waals surface area (Å²) in [6, 6.07) is 12.3. The van der Waals surface area contributed by atoms with Crippen LogP contribution in [0.25, 0.3) is 0 Å². The van der Waals surface area contributed by atoms with Gasteiger partial charge in [0.1, 0.15) is 5.60 Å². The summed E-state index contributed by atoms with van der Waals surface area (Å²) < 4.78 is 10.4. The minimum absolute atomic E-state index is 0.0664. The van der Waals surface area contributed by atoms with Crippen molar-refractivity contribution in [2.45, 2.75) is 45.8 Å². The quantitative estimate of drug-likeness (QED) is 0.329. The van der Waals surface area contributed by atoms with Gasteiger partial charge >= 0.3 is 12.1 Å². The standard InChI is InChI=1S/C24H29Cl2N3O5/c1-15(22(31)27-12-13-28-23(32)34-24(2,3)4)33-20(30)14-16-8-5-6-11-19(16)29-21-17(25)9-7-10-18(21)26/h5-11,15,29H,12-14H2,1-4H3,(H,27,31)(H,28,32). The van der Waals surface area contributed by atoms with Crippen LogP contribution in [-0.2, 0) is 25.5 Å². The zero-order valence-corrected chi connectivity index (χ0v) is 21.0. The second-order valence-electron chi connectivity index (χ2n) is 8.41. The zero-order chi connectivity index (χ0) is 25.3. The molecule has 34 heavy (non-hydrogen) atoms. The molecule has 2 aromatic rings. The van der Waals surface area contributed by atoms with E-state index in [0.717, 1.165) is 0 Å². The molecule has 184 valence electrons. The third-order valence-corrected chi connectivity index (χ3v) is 4.97. The predicted octanol–water partition coefficient (Wildman–Crippen LogP) is 4.85. The lowest BCUT2D eigenvalue weighted by atomic mass is 10.1. The van der Waals surface area contributed by atoms with E-state index in [1.807, 2.05) is 6.07 Å². The molecule has 0 radical (unpaired) electrons. The summed E-state index contributed by atoms with van der Waals surface area (Å²) in [6.45, 7) is 7.07. The maximum atomic E-state index is 12.5. The molecule has 1 atom stereocenters. The Kier molecular flexibility index (Phi) is 10.0. The van der Waals surface area contributed by atoms with Crippen LogP contribution >= 0.6 is 23.2 Å². The lowest BCUT2D eigenvalue weighted by Gasteiger charge is -2.20. The van der Waals surface area contributed by atoms with Crippen LogP contribution in [-0.4, -0.2) is 42.8 Å². The van der Waals surface area contributed by atoms with E-state index in [1.165, 1.54) is 6.92 Å².